The van der Waals surface area contributed by atoms with E-state index in [1.165, 1.54) is 31.2 Å². The largest absolute Gasteiger partial charge is 0.461 e. The summed E-state index contributed by atoms with van der Waals surface area (Å²) >= 11 is 0. The van der Waals surface area contributed by atoms with Gasteiger partial charge < -0.3 is 4.74 Å². The first-order valence-corrected chi connectivity index (χ1v) is 7.46. The predicted molar refractivity (Wildman–Crippen MR) is 84.7 cm³/mol. The predicted octanol–water partition coefficient (Wildman–Crippen LogP) is 0.365. The van der Waals surface area contributed by atoms with E-state index in [0.717, 1.165) is 4.90 Å². The highest BCUT2D eigenvalue weighted by Crippen LogP contribution is 2.38. The third kappa shape index (κ3) is 2.33. The molecule has 0 unspecified atom stereocenters. The van der Waals surface area contributed by atoms with Crippen molar-refractivity contribution < 1.29 is 24.0 Å². The first-order valence-electron chi connectivity index (χ1n) is 7.46. The van der Waals surface area contributed by atoms with Gasteiger partial charge in [0, 0.05) is 12.1 Å². The smallest absolute Gasteiger partial charge is 0.355 e. The molecule has 10 nitrogen and oxygen atoms in total. The van der Waals surface area contributed by atoms with Crippen molar-refractivity contribution in [2.45, 2.75) is 19.4 Å². The molecule has 2 aliphatic rings. The quantitative estimate of drug-likeness (QED) is 0.360. The molecule has 25 heavy (non-hydrogen) atoms. The Morgan fingerprint density at radius 1 is 1.40 bits per heavy atom. The number of hydrogen-bond donors (Lipinski definition) is 1. The third-order valence-corrected chi connectivity index (χ3v) is 4.18. The first-order chi connectivity index (χ1) is 11.8. The number of carbonyl (C=O) groups is 3. The molecule has 2 amide bonds. The number of fused-ring (bicyclic) bond motifs is 1. The van der Waals surface area contributed by atoms with Gasteiger partial charge in [0.15, 0.2) is 5.71 Å². The van der Waals surface area contributed by atoms with E-state index < -0.39 is 34.2 Å². The van der Waals surface area contributed by atoms with Crippen LogP contribution < -0.4 is 10.3 Å². The van der Waals surface area contributed by atoms with Crippen LogP contribution in [0.25, 0.3) is 0 Å². The average Bonchev–Trinajstić information content (AvgIpc) is 3.02. The minimum absolute atomic E-state index is 0.107. The molecule has 1 fully saturated rings. The van der Waals surface area contributed by atoms with E-state index in [9.17, 15) is 24.5 Å². The number of benzene rings is 1. The Labute approximate surface area is 141 Å². The molecule has 0 spiro atoms. The normalized spacial score (nSPS) is 24.6. The summed E-state index contributed by atoms with van der Waals surface area (Å²) in [5.41, 5.74) is 1.01. The highest BCUT2D eigenvalue weighted by molar-refractivity contribution is 6.47. The van der Waals surface area contributed by atoms with Crippen LogP contribution in [0.2, 0.25) is 0 Å². The highest BCUT2D eigenvalue weighted by atomic mass is 16.6. The number of nitrogens with one attached hydrogen (secondary N) is 1. The lowest BCUT2D eigenvalue weighted by molar-refractivity contribution is -0.384. The van der Waals surface area contributed by atoms with Crippen molar-refractivity contribution in [2.75, 3.05) is 11.5 Å². The second-order valence-corrected chi connectivity index (χ2v) is 5.72. The van der Waals surface area contributed by atoms with E-state index in [-0.39, 0.29) is 23.7 Å². The van der Waals surface area contributed by atoms with Gasteiger partial charge in [-0.15, -0.1) is 0 Å². The highest BCUT2D eigenvalue weighted by Gasteiger charge is 2.63. The van der Waals surface area contributed by atoms with Crippen molar-refractivity contribution in [3.8, 4) is 0 Å². The molecule has 0 saturated carbocycles. The molecule has 0 aliphatic carbocycles. The molecule has 1 aromatic carbocycles. The van der Waals surface area contributed by atoms with Crippen molar-refractivity contribution in [1.29, 1.82) is 0 Å². The number of nitro benzene ring substituents is 1. The molecule has 1 N–H and O–H groups in total. The molecule has 2 aliphatic heterocycles. The van der Waals surface area contributed by atoms with Crippen molar-refractivity contribution in [3.05, 3.63) is 34.4 Å². The van der Waals surface area contributed by atoms with Crippen LogP contribution in [-0.4, -0.2) is 40.6 Å². The molecule has 1 saturated heterocycles. The minimum Gasteiger partial charge on any atom is -0.461 e. The number of carbonyl (C=O) groups excluding carboxylic acids is 3. The Bertz CT molecular complexity index is 818. The summed E-state index contributed by atoms with van der Waals surface area (Å²) < 4.78 is 4.88. The lowest BCUT2D eigenvalue weighted by atomic mass is 9.86. The number of amides is 2. The topological polar surface area (TPSA) is 131 Å². The van der Waals surface area contributed by atoms with Crippen LogP contribution in [0.5, 0.6) is 0 Å². The van der Waals surface area contributed by atoms with Gasteiger partial charge in [0.1, 0.15) is 11.5 Å². The van der Waals surface area contributed by atoms with Crippen LogP contribution in [0.1, 0.15) is 13.8 Å². The molecule has 3 rings (SSSR count). The second kappa shape index (κ2) is 5.65. The van der Waals surface area contributed by atoms with Crippen LogP contribution in [0.4, 0.5) is 11.4 Å². The van der Waals surface area contributed by atoms with Crippen LogP contribution >= 0.6 is 0 Å². The number of rotatable bonds is 4. The summed E-state index contributed by atoms with van der Waals surface area (Å²) in [4.78, 5) is 48.6. The third-order valence-electron chi connectivity index (χ3n) is 4.18. The second-order valence-electron chi connectivity index (χ2n) is 5.72. The number of nitro groups is 1. The van der Waals surface area contributed by atoms with Gasteiger partial charge in [0.25, 0.3) is 11.6 Å². The zero-order valence-corrected chi connectivity index (χ0v) is 13.4. The van der Waals surface area contributed by atoms with Gasteiger partial charge in [-0.05, 0) is 26.0 Å². The Kier molecular flexibility index (Phi) is 3.74. The number of nitrogens with zero attached hydrogens (tertiary/aromatic N) is 3. The van der Waals surface area contributed by atoms with Gasteiger partial charge in [0.2, 0.25) is 5.91 Å². The molecular formula is C15H14N4O6. The van der Waals surface area contributed by atoms with Crippen LogP contribution in [0.15, 0.2) is 29.4 Å². The molecule has 1 aromatic rings. The van der Waals surface area contributed by atoms with Gasteiger partial charge in [-0.3, -0.25) is 25.1 Å². The number of non-ortho nitro benzene ring substituents is 1. The minimum atomic E-state index is -1.40. The zero-order chi connectivity index (χ0) is 18.4. The monoisotopic (exact) mass is 346 g/mol. The van der Waals surface area contributed by atoms with E-state index in [2.05, 4.69) is 10.5 Å². The van der Waals surface area contributed by atoms with Gasteiger partial charge >= 0.3 is 5.97 Å². The zero-order valence-electron chi connectivity index (χ0n) is 13.4. The molecule has 2 heterocycles. The summed E-state index contributed by atoms with van der Waals surface area (Å²) in [6.07, 6.45) is 0. The number of esters is 1. The molecule has 0 aromatic heterocycles. The summed E-state index contributed by atoms with van der Waals surface area (Å²) in [6.45, 7) is 3.19. The molecule has 2 atom stereocenters. The fourth-order valence-corrected chi connectivity index (χ4v) is 2.91. The van der Waals surface area contributed by atoms with Crippen LogP contribution in [0, 0.1) is 16.0 Å². The lowest BCUT2D eigenvalue weighted by Gasteiger charge is -2.20. The number of anilines is 1. The molecule has 10 heteroatoms. The Hall–Kier alpha value is -3.30. The van der Waals surface area contributed by atoms with Gasteiger partial charge in [0.05, 0.1) is 17.2 Å². The summed E-state index contributed by atoms with van der Waals surface area (Å²) in [5, 5.41) is 14.5. The maximum absolute atomic E-state index is 12.8. The number of hydrogen-bond acceptors (Lipinski definition) is 8. The van der Waals surface area contributed by atoms with E-state index in [4.69, 9.17) is 4.74 Å². The van der Waals surface area contributed by atoms with E-state index >= 15 is 0 Å². The van der Waals surface area contributed by atoms with Crippen molar-refractivity contribution in [2.24, 2.45) is 11.0 Å². The number of ether oxygens (including phenoxy) is 1. The fraction of sp³-hybridized carbons (Fsp3) is 0.333. The Morgan fingerprint density at radius 3 is 2.60 bits per heavy atom. The standard InChI is InChI=1S/C15H14N4O6/c1-3-25-13(21)11-10-12(20)18(14(22)15(10,2)17-16-11)8-4-6-9(7-5-8)19(23)24/h4-7,10,17H,3H2,1-2H3/t10-,15-/m1/s1. The van der Waals surface area contributed by atoms with E-state index in [1.54, 1.807) is 6.92 Å². The van der Waals surface area contributed by atoms with Gasteiger partial charge in [-0.2, -0.15) is 5.10 Å². The van der Waals surface area contributed by atoms with Gasteiger partial charge in [-0.25, -0.2) is 9.69 Å². The molecule has 0 bridgehead atoms. The summed E-state index contributed by atoms with van der Waals surface area (Å²) in [5.74, 6) is -3.12. The van der Waals surface area contributed by atoms with E-state index in [1.807, 2.05) is 0 Å². The Balaban J connectivity index is 1.96. The number of imide groups is 1. The SMILES string of the molecule is CCOC(=O)C1=NN[C@@]2(C)C(=O)N(c3ccc([N+](=O)[O-])cc3)C(=O)[C@@H]12. The summed E-state index contributed by atoms with van der Waals surface area (Å²) in [7, 11) is 0. The summed E-state index contributed by atoms with van der Waals surface area (Å²) in [6, 6.07) is 5.00. The van der Waals surface area contributed by atoms with Crippen LogP contribution in [-0.2, 0) is 19.1 Å². The number of hydrazone groups is 1. The van der Waals surface area contributed by atoms with Crippen molar-refractivity contribution in [3.63, 3.8) is 0 Å². The molecule has 0 radical (unpaired) electrons. The first kappa shape index (κ1) is 16.6. The van der Waals surface area contributed by atoms with Crippen molar-refractivity contribution >= 4 is 34.9 Å². The lowest BCUT2D eigenvalue weighted by Crippen LogP contribution is -2.48. The fourth-order valence-electron chi connectivity index (χ4n) is 2.91. The van der Waals surface area contributed by atoms with Crippen molar-refractivity contribution in [1.82, 2.24) is 5.43 Å². The van der Waals surface area contributed by atoms with E-state index in [0.29, 0.717) is 0 Å². The molecular weight excluding hydrogens is 332 g/mol. The Morgan fingerprint density at radius 2 is 2.04 bits per heavy atom. The van der Waals surface area contributed by atoms with Crippen LogP contribution in [0.3, 0.4) is 0 Å². The van der Waals surface area contributed by atoms with Gasteiger partial charge in [-0.1, -0.05) is 0 Å². The molecule has 130 valence electrons. The maximum Gasteiger partial charge on any atom is 0.355 e. The average molecular weight is 346 g/mol. The maximum atomic E-state index is 12.8.